The Hall–Kier alpha value is -1.12. The molecule has 2 rings (SSSR count). The normalized spacial score (nSPS) is 12.9. The molecule has 17 heavy (non-hydrogen) atoms. The molecule has 1 nitrogen and oxygen atoms in total. The first-order chi connectivity index (χ1) is 8.27. The van der Waals surface area contributed by atoms with Crippen molar-refractivity contribution >= 4 is 11.8 Å². The van der Waals surface area contributed by atoms with E-state index in [-0.39, 0.29) is 0 Å². The third-order valence-corrected chi connectivity index (χ3v) is 3.94. The first-order valence-corrected chi connectivity index (χ1v) is 6.82. The van der Waals surface area contributed by atoms with Crippen molar-refractivity contribution in [1.82, 2.24) is 4.90 Å². The predicted molar refractivity (Wildman–Crippen MR) is 75.6 cm³/mol. The third kappa shape index (κ3) is 3.42. The van der Waals surface area contributed by atoms with E-state index in [1.54, 1.807) is 0 Å². The van der Waals surface area contributed by atoms with E-state index < -0.39 is 0 Å². The van der Waals surface area contributed by atoms with E-state index in [1.165, 1.54) is 10.5 Å². The van der Waals surface area contributed by atoms with Crippen LogP contribution in [0.4, 0.5) is 0 Å². The molecule has 0 amide bonds. The van der Waals surface area contributed by atoms with Crippen molar-refractivity contribution < 1.29 is 0 Å². The van der Waals surface area contributed by atoms with Crippen molar-refractivity contribution in [3.63, 3.8) is 0 Å². The predicted octanol–water partition coefficient (Wildman–Crippen LogP) is 3.80. The first-order valence-electron chi connectivity index (χ1n) is 5.83. The van der Waals surface area contributed by atoms with Crippen LogP contribution in [0.15, 0.2) is 59.5 Å². The maximum absolute atomic E-state index is 2.28. The van der Waals surface area contributed by atoms with Crippen LogP contribution in [-0.4, -0.2) is 24.7 Å². The van der Waals surface area contributed by atoms with Crippen LogP contribution in [-0.2, 0) is 0 Å². The zero-order chi connectivity index (χ0) is 12.1. The Morgan fingerprint density at radius 2 is 1.88 bits per heavy atom. The molecule has 90 valence electrons. The average molecular weight is 244 g/mol. The molecule has 0 aromatic heterocycles. The van der Waals surface area contributed by atoms with E-state index in [4.69, 9.17) is 0 Å². The second kappa shape index (κ2) is 5.99. The number of nitrogens with zero attached hydrogens (tertiary/aromatic N) is 1. The molecule has 0 bridgehead atoms. The van der Waals surface area contributed by atoms with Crippen LogP contribution in [0.2, 0.25) is 0 Å². The maximum atomic E-state index is 2.28. The van der Waals surface area contributed by atoms with Gasteiger partial charge in [-0.25, -0.2) is 12.1 Å². The Bertz CT molecular complexity index is 419. The minimum absolute atomic E-state index is 0.469. The quantitative estimate of drug-likeness (QED) is 0.581. The summed E-state index contributed by atoms with van der Waals surface area (Å²) in [4.78, 5) is 3.64. The lowest BCUT2D eigenvalue weighted by Crippen LogP contribution is -2.21. The van der Waals surface area contributed by atoms with Crippen LogP contribution in [0.5, 0.6) is 0 Å². The molecule has 2 aromatic carbocycles. The molecule has 0 radical (unpaired) electrons. The summed E-state index contributed by atoms with van der Waals surface area (Å²) in [6.45, 7) is 0. The largest absolute Gasteiger partial charge is 0.302 e. The zero-order valence-corrected chi connectivity index (χ0v) is 11.2. The van der Waals surface area contributed by atoms with Crippen LogP contribution in [0.1, 0.15) is 11.6 Å². The molecule has 0 heterocycles. The number of hydrogen-bond acceptors (Lipinski definition) is 2. The van der Waals surface area contributed by atoms with Crippen LogP contribution in [0.25, 0.3) is 0 Å². The molecule has 2 heteroatoms. The van der Waals surface area contributed by atoms with Crippen LogP contribution < -0.4 is 0 Å². The van der Waals surface area contributed by atoms with Gasteiger partial charge in [0.2, 0.25) is 0 Å². The Balaban J connectivity index is 2.03. The molecular formula is C15H18NS-. The summed E-state index contributed by atoms with van der Waals surface area (Å²) in [5.41, 5.74) is 1.39. The summed E-state index contributed by atoms with van der Waals surface area (Å²) in [5, 5.41) is 0. The number of benzene rings is 1. The van der Waals surface area contributed by atoms with Gasteiger partial charge >= 0.3 is 0 Å². The Morgan fingerprint density at radius 3 is 2.47 bits per heavy atom. The fourth-order valence-electron chi connectivity index (χ4n) is 1.85. The fourth-order valence-corrected chi connectivity index (χ4v) is 3.04. The minimum Gasteiger partial charge on any atom is -0.302 e. The van der Waals surface area contributed by atoms with Gasteiger partial charge in [0.05, 0.1) is 0 Å². The molecule has 0 N–H and O–H groups in total. The van der Waals surface area contributed by atoms with Gasteiger partial charge in [0.25, 0.3) is 0 Å². The molecule has 0 aliphatic heterocycles. The summed E-state index contributed by atoms with van der Waals surface area (Å²) in [6, 6.07) is 19.7. The Labute approximate surface area is 108 Å². The molecule has 0 aliphatic rings. The van der Waals surface area contributed by atoms with Gasteiger partial charge in [-0.05, 0) is 19.7 Å². The lowest BCUT2D eigenvalue weighted by molar-refractivity contribution is 0.326. The summed E-state index contributed by atoms with van der Waals surface area (Å²) >= 11 is 1.92. The smallest absolute Gasteiger partial charge is 0.0435 e. The van der Waals surface area contributed by atoms with Gasteiger partial charge in [0.15, 0.2) is 0 Å². The highest BCUT2D eigenvalue weighted by Crippen LogP contribution is 2.27. The van der Waals surface area contributed by atoms with Crippen molar-refractivity contribution in [3.8, 4) is 0 Å². The van der Waals surface area contributed by atoms with Gasteiger partial charge < -0.3 is 4.90 Å². The van der Waals surface area contributed by atoms with Gasteiger partial charge in [0.1, 0.15) is 0 Å². The highest BCUT2D eigenvalue weighted by atomic mass is 32.2. The molecule has 0 aliphatic carbocycles. The Morgan fingerprint density at radius 1 is 1.12 bits per heavy atom. The molecule has 0 saturated carbocycles. The van der Waals surface area contributed by atoms with Crippen molar-refractivity contribution in [2.45, 2.75) is 10.9 Å². The molecule has 2 aromatic rings. The van der Waals surface area contributed by atoms with Crippen LogP contribution >= 0.6 is 11.8 Å². The van der Waals surface area contributed by atoms with Crippen molar-refractivity contribution in [3.05, 3.63) is 60.2 Å². The van der Waals surface area contributed by atoms with Gasteiger partial charge in [-0.3, -0.25) is 0 Å². The summed E-state index contributed by atoms with van der Waals surface area (Å²) in [6.07, 6.45) is 0. The second-order valence-electron chi connectivity index (χ2n) is 4.32. The minimum atomic E-state index is 0.469. The van der Waals surface area contributed by atoms with Crippen molar-refractivity contribution in [2.75, 3.05) is 19.8 Å². The monoisotopic (exact) mass is 244 g/mol. The lowest BCUT2D eigenvalue weighted by Gasteiger charge is -2.24. The van der Waals surface area contributed by atoms with Gasteiger partial charge in [-0.15, -0.1) is 4.90 Å². The summed E-state index contributed by atoms with van der Waals surface area (Å²) in [7, 11) is 4.28. The lowest BCUT2D eigenvalue weighted by atomic mass is 10.1. The van der Waals surface area contributed by atoms with E-state index in [0.29, 0.717) is 6.04 Å². The maximum Gasteiger partial charge on any atom is 0.0435 e. The molecule has 1 atom stereocenters. The second-order valence-corrected chi connectivity index (χ2v) is 5.42. The van der Waals surface area contributed by atoms with Crippen LogP contribution in [0.3, 0.4) is 0 Å². The van der Waals surface area contributed by atoms with E-state index in [9.17, 15) is 0 Å². The molecule has 0 spiro atoms. The van der Waals surface area contributed by atoms with E-state index in [2.05, 4.69) is 73.6 Å². The number of rotatable bonds is 5. The van der Waals surface area contributed by atoms with Gasteiger partial charge in [-0.1, -0.05) is 30.3 Å². The molecular weight excluding hydrogens is 226 g/mol. The molecule has 0 fully saturated rings. The van der Waals surface area contributed by atoms with E-state index >= 15 is 0 Å². The highest BCUT2D eigenvalue weighted by Gasteiger charge is 2.12. The number of hydrogen-bond donors (Lipinski definition) is 0. The fraction of sp³-hybridized carbons (Fsp3) is 0.267. The highest BCUT2D eigenvalue weighted by molar-refractivity contribution is 7.99. The zero-order valence-electron chi connectivity index (χ0n) is 10.3. The van der Waals surface area contributed by atoms with E-state index in [1.807, 2.05) is 11.8 Å². The van der Waals surface area contributed by atoms with Crippen LogP contribution in [0, 0.1) is 0 Å². The Kier molecular flexibility index (Phi) is 4.35. The average Bonchev–Trinajstić information content (AvgIpc) is 2.83. The standard InChI is InChI=1S/C15H18NS/c1-16(2)15(13-8-4-3-5-9-13)12-17-14-10-6-7-11-14/h3-11,15H,12H2,1-2H3/q-1/t15-/m1/s1. The third-order valence-electron chi connectivity index (χ3n) is 2.85. The summed E-state index contributed by atoms with van der Waals surface area (Å²) in [5.74, 6) is 1.08. The molecule has 0 unspecified atom stereocenters. The van der Waals surface area contributed by atoms with Gasteiger partial charge in [-0.2, -0.15) is 23.9 Å². The summed E-state index contributed by atoms with van der Waals surface area (Å²) < 4.78 is 0. The van der Waals surface area contributed by atoms with Crippen molar-refractivity contribution in [2.24, 2.45) is 0 Å². The molecule has 0 saturated heterocycles. The van der Waals surface area contributed by atoms with Gasteiger partial charge in [0, 0.05) is 11.8 Å². The number of thioether (sulfide) groups is 1. The topological polar surface area (TPSA) is 3.24 Å². The van der Waals surface area contributed by atoms with E-state index in [0.717, 1.165) is 5.75 Å². The first kappa shape index (κ1) is 12.3. The van der Waals surface area contributed by atoms with Crippen molar-refractivity contribution in [1.29, 1.82) is 0 Å². The SMILES string of the molecule is CN(C)[C@H](CSc1ccc[cH-]1)c1ccccc1.